The maximum Gasteiger partial charge on any atom is 0.0676 e. The van der Waals surface area contributed by atoms with Gasteiger partial charge in [0.1, 0.15) is 0 Å². The minimum atomic E-state index is 0.469. The summed E-state index contributed by atoms with van der Waals surface area (Å²) in [6, 6.07) is 0. The summed E-state index contributed by atoms with van der Waals surface area (Å²) in [5, 5.41) is 0.994. The van der Waals surface area contributed by atoms with Crippen LogP contribution in [-0.4, -0.2) is 17.5 Å². The monoisotopic (exact) mass is 234 g/mol. The lowest BCUT2D eigenvalue weighted by Gasteiger charge is -2.22. The van der Waals surface area contributed by atoms with E-state index in [2.05, 4.69) is 36.7 Å². The molecule has 1 saturated heterocycles. The molecule has 3 atom stereocenters. The largest absolute Gasteiger partial charge is 0.374 e. The first-order valence-corrected chi connectivity index (χ1v) is 5.98. The third kappa shape index (κ3) is 2.46. The Morgan fingerprint density at radius 3 is 2.42 bits per heavy atom. The summed E-state index contributed by atoms with van der Waals surface area (Å²) in [4.78, 5) is 0. The van der Waals surface area contributed by atoms with Crippen molar-refractivity contribution >= 4 is 15.9 Å². The third-order valence-corrected chi connectivity index (χ3v) is 3.67. The number of ether oxygens (including phenoxy) is 1. The van der Waals surface area contributed by atoms with Crippen LogP contribution in [0, 0.1) is 11.8 Å². The lowest BCUT2D eigenvalue weighted by atomic mass is 9.91. The Morgan fingerprint density at radius 2 is 2.00 bits per heavy atom. The van der Waals surface area contributed by atoms with Gasteiger partial charge in [0.25, 0.3) is 0 Å². The van der Waals surface area contributed by atoms with Crippen LogP contribution < -0.4 is 0 Å². The molecule has 1 nitrogen and oxygen atoms in total. The first-order chi connectivity index (χ1) is 5.65. The van der Waals surface area contributed by atoms with Crippen LogP contribution in [0.5, 0.6) is 0 Å². The van der Waals surface area contributed by atoms with Gasteiger partial charge in [-0.05, 0) is 24.7 Å². The number of hydrogen-bond acceptors (Lipinski definition) is 1. The number of hydrogen-bond donors (Lipinski definition) is 0. The predicted molar refractivity (Wildman–Crippen MR) is 55.7 cm³/mol. The SMILES string of the molecule is CC(C)C(C)C1CCC(CBr)O1. The molecule has 0 aromatic carbocycles. The fourth-order valence-electron chi connectivity index (χ4n) is 1.66. The highest BCUT2D eigenvalue weighted by Crippen LogP contribution is 2.29. The van der Waals surface area contributed by atoms with Crippen molar-refractivity contribution in [1.29, 1.82) is 0 Å². The van der Waals surface area contributed by atoms with Crippen molar-refractivity contribution in [2.45, 2.75) is 45.8 Å². The van der Waals surface area contributed by atoms with Crippen LogP contribution in [-0.2, 0) is 4.74 Å². The summed E-state index contributed by atoms with van der Waals surface area (Å²) in [7, 11) is 0. The average molecular weight is 235 g/mol. The van der Waals surface area contributed by atoms with Crippen LogP contribution in [0.15, 0.2) is 0 Å². The first kappa shape index (κ1) is 10.5. The molecule has 0 spiro atoms. The second kappa shape index (κ2) is 4.61. The van der Waals surface area contributed by atoms with Gasteiger partial charge < -0.3 is 4.74 Å². The quantitative estimate of drug-likeness (QED) is 0.682. The third-order valence-electron chi connectivity index (χ3n) is 2.95. The second-order valence-corrected chi connectivity index (χ2v) is 4.78. The van der Waals surface area contributed by atoms with Gasteiger partial charge in [-0.2, -0.15) is 0 Å². The molecule has 0 aliphatic carbocycles. The van der Waals surface area contributed by atoms with Gasteiger partial charge in [0.2, 0.25) is 0 Å². The van der Waals surface area contributed by atoms with Crippen molar-refractivity contribution in [3.8, 4) is 0 Å². The Labute approximate surface area is 84.0 Å². The second-order valence-electron chi connectivity index (χ2n) is 4.13. The van der Waals surface area contributed by atoms with Gasteiger partial charge >= 0.3 is 0 Å². The normalized spacial score (nSPS) is 32.8. The summed E-state index contributed by atoms with van der Waals surface area (Å²) in [6.45, 7) is 6.84. The zero-order chi connectivity index (χ0) is 9.14. The van der Waals surface area contributed by atoms with Gasteiger partial charge in [-0.1, -0.05) is 36.7 Å². The topological polar surface area (TPSA) is 9.23 Å². The Morgan fingerprint density at radius 1 is 1.33 bits per heavy atom. The van der Waals surface area contributed by atoms with E-state index < -0.39 is 0 Å². The van der Waals surface area contributed by atoms with Gasteiger partial charge in [-0.15, -0.1) is 0 Å². The Balaban J connectivity index is 2.35. The maximum atomic E-state index is 5.89. The minimum absolute atomic E-state index is 0.469. The van der Waals surface area contributed by atoms with Gasteiger partial charge in [0.05, 0.1) is 12.2 Å². The van der Waals surface area contributed by atoms with E-state index in [-0.39, 0.29) is 0 Å². The van der Waals surface area contributed by atoms with Crippen molar-refractivity contribution in [3.63, 3.8) is 0 Å². The van der Waals surface area contributed by atoms with Crippen LogP contribution in [0.25, 0.3) is 0 Å². The Kier molecular flexibility index (Phi) is 4.04. The van der Waals surface area contributed by atoms with Crippen molar-refractivity contribution in [1.82, 2.24) is 0 Å². The molecular weight excluding hydrogens is 216 g/mol. The molecule has 2 heteroatoms. The molecule has 12 heavy (non-hydrogen) atoms. The van der Waals surface area contributed by atoms with Crippen LogP contribution in [0.1, 0.15) is 33.6 Å². The molecule has 0 amide bonds. The minimum Gasteiger partial charge on any atom is -0.374 e. The zero-order valence-corrected chi connectivity index (χ0v) is 9.80. The summed E-state index contributed by atoms with van der Waals surface area (Å²) < 4.78 is 5.89. The van der Waals surface area contributed by atoms with E-state index in [4.69, 9.17) is 4.74 Å². The highest BCUT2D eigenvalue weighted by Gasteiger charge is 2.29. The summed E-state index contributed by atoms with van der Waals surface area (Å²) in [5.74, 6) is 1.44. The van der Waals surface area contributed by atoms with Gasteiger partial charge in [-0.25, -0.2) is 0 Å². The molecule has 1 aliphatic rings. The summed E-state index contributed by atoms with van der Waals surface area (Å²) in [5.41, 5.74) is 0. The molecule has 1 heterocycles. The molecule has 1 aliphatic heterocycles. The molecule has 0 radical (unpaired) electrons. The van der Waals surface area contributed by atoms with E-state index >= 15 is 0 Å². The first-order valence-electron chi connectivity index (χ1n) is 4.86. The van der Waals surface area contributed by atoms with E-state index in [1.54, 1.807) is 0 Å². The molecule has 0 aromatic rings. The number of rotatable bonds is 3. The highest BCUT2D eigenvalue weighted by atomic mass is 79.9. The molecule has 3 unspecified atom stereocenters. The number of halogens is 1. The molecule has 1 fully saturated rings. The van der Waals surface area contributed by atoms with Crippen molar-refractivity contribution < 1.29 is 4.74 Å². The zero-order valence-electron chi connectivity index (χ0n) is 8.22. The fourth-order valence-corrected chi connectivity index (χ4v) is 2.14. The molecule has 0 saturated carbocycles. The van der Waals surface area contributed by atoms with Gasteiger partial charge in [0.15, 0.2) is 0 Å². The predicted octanol–water partition coefficient (Wildman–Crippen LogP) is 3.22. The van der Waals surface area contributed by atoms with Gasteiger partial charge in [0, 0.05) is 5.33 Å². The van der Waals surface area contributed by atoms with Crippen LogP contribution in [0.3, 0.4) is 0 Å². The lowest BCUT2D eigenvalue weighted by Crippen LogP contribution is -2.23. The molecule has 1 rings (SSSR count). The van der Waals surface area contributed by atoms with Crippen molar-refractivity contribution in [3.05, 3.63) is 0 Å². The summed E-state index contributed by atoms with van der Waals surface area (Å²) >= 11 is 3.46. The van der Waals surface area contributed by atoms with E-state index in [0.717, 1.165) is 11.2 Å². The lowest BCUT2D eigenvalue weighted by molar-refractivity contribution is 0.0139. The van der Waals surface area contributed by atoms with Crippen molar-refractivity contribution in [2.24, 2.45) is 11.8 Å². The van der Waals surface area contributed by atoms with E-state index in [1.807, 2.05) is 0 Å². The number of alkyl halides is 1. The van der Waals surface area contributed by atoms with E-state index in [9.17, 15) is 0 Å². The van der Waals surface area contributed by atoms with Crippen LogP contribution >= 0.6 is 15.9 Å². The smallest absolute Gasteiger partial charge is 0.0676 e. The maximum absolute atomic E-state index is 5.89. The summed E-state index contributed by atoms with van der Waals surface area (Å²) in [6.07, 6.45) is 3.45. The molecule has 72 valence electrons. The Hall–Kier alpha value is 0.440. The highest BCUT2D eigenvalue weighted by molar-refractivity contribution is 9.09. The van der Waals surface area contributed by atoms with Crippen LogP contribution in [0.4, 0.5) is 0 Å². The standard InChI is InChI=1S/C10H19BrO/c1-7(2)8(3)10-5-4-9(6-11)12-10/h7-10H,4-6H2,1-3H3. The fraction of sp³-hybridized carbons (Fsp3) is 1.00. The molecule has 0 bridgehead atoms. The van der Waals surface area contributed by atoms with E-state index in [0.29, 0.717) is 18.1 Å². The van der Waals surface area contributed by atoms with Gasteiger partial charge in [-0.3, -0.25) is 0 Å². The molecular formula is C10H19BrO. The van der Waals surface area contributed by atoms with Crippen molar-refractivity contribution in [2.75, 3.05) is 5.33 Å². The average Bonchev–Trinajstić information content (AvgIpc) is 2.50. The van der Waals surface area contributed by atoms with Crippen LogP contribution in [0.2, 0.25) is 0 Å². The van der Waals surface area contributed by atoms with E-state index in [1.165, 1.54) is 12.8 Å². The Bertz CT molecular complexity index is 136. The molecule has 0 aromatic heterocycles. The molecule has 0 N–H and O–H groups in total.